The van der Waals surface area contributed by atoms with Gasteiger partial charge < -0.3 is 29.3 Å². The summed E-state index contributed by atoms with van der Waals surface area (Å²) in [6.07, 6.45) is 5.61. The molecule has 2 aromatic carbocycles. The van der Waals surface area contributed by atoms with Crippen LogP contribution < -0.4 is 24.4 Å². The first kappa shape index (κ1) is 38.6. The number of aromatic nitrogens is 2. The van der Waals surface area contributed by atoms with Crippen LogP contribution in [0.3, 0.4) is 0 Å². The normalized spacial score (nSPS) is 15.4. The molecule has 0 bridgehead atoms. The molecular formula is C31H39Cl5N6O3. The average Bonchev–Trinajstić information content (AvgIpc) is 3.02. The average molecular weight is 721 g/mol. The SMILES string of the molecule is COc1cc(Nc2ncc(C#Cc3c(Cl)c(OC)cc(OC)c3Cl)cn2)ccc1N1CCC(N2CCN(C)CC2)CC1.Cl.Cl.Cl. The van der Waals surface area contributed by atoms with Gasteiger partial charge in [0.1, 0.15) is 17.2 Å². The van der Waals surface area contributed by atoms with Gasteiger partial charge in [-0.1, -0.05) is 35.0 Å². The van der Waals surface area contributed by atoms with Gasteiger partial charge in [-0.3, -0.25) is 4.90 Å². The van der Waals surface area contributed by atoms with E-state index < -0.39 is 0 Å². The van der Waals surface area contributed by atoms with Gasteiger partial charge in [-0.25, -0.2) is 9.97 Å². The van der Waals surface area contributed by atoms with Crippen LogP contribution in [0.2, 0.25) is 10.0 Å². The summed E-state index contributed by atoms with van der Waals surface area (Å²) < 4.78 is 16.4. The standard InChI is InChI=1S/C31H36Cl2N6O3.3ClH/c1-37-13-15-38(16-14-37)23-9-11-39(12-10-23)25-8-6-22(17-26(25)40-2)36-31-34-19-21(20-35-31)5-7-24-29(32)27(41-3)18-28(42-4)30(24)33;;;/h6,8,17-20,23H,9-16H2,1-4H3,(H,34,35,36);3*1H. The van der Waals surface area contributed by atoms with E-state index in [0.717, 1.165) is 43.3 Å². The van der Waals surface area contributed by atoms with Gasteiger partial charge in [0.25, 0.3) is 0 Å². The molecule has 1 N–H and O–H groups in total. The van der Waals surface area contributed by atoms with Gasteiger partial charge >= 0.3 is 0 Å². The van der Waals surface area contributed by atoms with Crippen molar-refractivity contribution in [3.63, 3.8) is 0 Å². The number of likely N-dealkylation sites (N-methyl/N-ethyl adjacent to an activating group) is 1. The third-order valence-electron chi connectivity index (χ3n) is 7.85. The Bertz CT molecular complexity index is 1430. The maximum atomic E-state index is 6.43. The number of nitrogens with zero attached hydrogens (tertiary/aromatic N) is 5. The lowest BCUT2D eigenvalue weighted by Gasteiger charge is -2.42. The van der Waals surface area contributed by atoms with Crippen LogP contribution in [-0.2, 0) is 0 Å². The topological polar surface area (TPSA) is 75.2 Å². The Morgan fingerprint density at radius 2 is 1.36 bits per heavy atom. The number of hydrogen-bond acceptors (Lipinski definition) is 9. The Morgan fingerprint density at radius 3 is 1.91 bits per heavy atom. The van der Waals surface area contributed by atoms with Crippen molar-refractivity contribution in [3.8, 4) is 29.1 Å². The Labute approximate surface area is 294 Å². The first-order valence-corrected chi connectivity index (χ1v) is 14.7. The molecule has 0 amide bonds. The molecule has 2 saturated heterocycles. The minimum absolute atomic E-state index is 0. The largest absolute Gasteiger partial charge is 0.495 e. The number of piperidine rings is 1. The van der Waals surface area contributed by atoms with Crippen LogP contribution in [-0.4, -0.2) is 93.5 Å². The molecule has 45 heavy (non-hydrogen) atoms. The molecular weight excluding hydrogens is 682 g/mol. The number of hydrogen-bond donors (Lipinski definition) is 1. The Hall–Kier alpha value is -2.55. The molecule has 2 fully saturated rings. The molecule has 0 saturated carbocycles. The molecule has 14 heteroatoms. The zero-order chi connectivity index (χ0) is 29.6. The van der Waals surface area contributed by atoms with Crippen molar-refractivity contribution < 1.29 is 14.2 Å². The van der Waals surface area contributed by atoms with Crippen molar-refractivity contribution in [2.24, 2.45) is 0 Å². The summed E-state index contributed by atoms with van der Waals surface area (Å²) in [7, 11) is 6.95. The fourth-order valence-corrected chi connectivity index (χ4v) is 5.99. The maximum absolute atomic E-state index is 6.43. The molecule has 1 aromatic heterocycles. The van der Waals surface area contributed by atoms with E-state index in [4.69, 9.17) is 37.4 Å². The van der Waals surface area contributed by atoms with Crippen LogP contribution >= 0.6 is 60.4 Å². The first-order chi connectivity index (χ1) is 20.4. The van der Waals surface area contributed by atoms with Crippen LogP contribution in [0.1, 0.15) is 24.0 Å². The van der Waals surface area contributed by atoms with Crippen molar-refractivity contribution in [1.82, 2.24) is 19.8 Å². The lowest BCUT2D eigenvalue weighted by molar-refractivity contribution is 0.0981. The lowest BCUT2D eigenvalue weighted by atomic mass is 10.0. The summed E-state index contributed by atoms with van der Waals surface area (Å²) in [6, 6.07) is 8.41. The molecule has 0 radical (unpaired) electrons. The Morgan fingerprint density at radius 1 is 0.778 bits per heavy atom. The van der Waals surface area contributed by atoms with E-state index in [1.165, 1.54) is 40.2 Å². The highest BCUT2D eigenvalue weighted by Gasteiger charge is 2.27. The van der Waals surface area contributed by atoms with Crippen molar-refractivity contribution in [1.29, 1.82) is 0 Å². The monoisotopic (exact) mass is 718 g/mol. The van der Waals surface area contributed by atoms with Gasteiger partial charge in [0.05, 0.1) is 48.2 Å². The Balaban J connectivity index is 0.00000235. The highest BCUT2D eigenvalue weighted by atomic mass is 35.5. The number of benzene rings is 2. The number of methoxy groups -OCH3 is 3. The van der Waals surface area contributed by atoms with Gasteiger partial charge in [-0.2, -0.15) is 0 Å². The third kappa shape index (κ3) is 9.26. The number of halogens is 5. The number of ether oxygens (including phenoxy) is 3. The minimum Gasteiger partial charge on any atom is -0.495 e. The molecule has 0 unspecified atom stereocenters. The lowest BCUT2D eigenvalue weighted by Crippen LogP contribution is -2.52. The molecule has 5 rings (SSSR count). The number of rotatable bonds is 7. The third-order valence-corrected chi connectivity index (χ3v) is 8.60. The predicted octanol–water partition coefficient (Wildman–Crippen LogP) is 6.43. The van der Waals surface area contributed by atoms with E-state index in [-0.39, 0.29) is 37.2 Å². The van der Waals surface area contributed by atoms with Crippen LogP contribution in [0, 0.1) is 11.8 Å². The van der Waals surface area contributed by atoms with Crippen LogP contribution in [0.15, 0.2) is 36.7 Å². The fourth-order valence-electron chi connectivity index (χ4n) is 5.39. The maximum Gasteiger partial charge on any atom is 0.227 e. The summed E-state index contributed by atoms with van der Waals surface area (Å²) in [4.78, 5) is 16.4. The van der Waals surface area contributed by atoms with Crippen LogP contribution in [0.5, 0.6) is 17.2 Å². The van der Waals surface area contributed by atoms with Gasteiger partial charge in [-0.05, 0) is 32.0 Å². The summed E-state index contributed by atoms with van der Waals surface area (Å²) in [5, 5.41) is 3.88. The summed E-state index contributed by atoms with van der Waals surface area (Å²) in [5.74, 6) is 8.12. The van der Waals surface area contributed by atoms with Crippen molar-refractivity contribution >= 4 is 77.7 Å². The number of anilines is 3. The van der Waals surface area contributed by atoms with Crippen LogP contribution in [0.4, 0.5) is 17.3 Å². The van der Waals surface area contributed by atoms with Gasteiger partial charge in [0.2, 0.25) is 5.95 Å². The molecule has 0 spiro atoms. The van der Waals surface area contributed by atoms with E-state index in [9.17, 15) is 0 Å². The fraction of sp³-hybridized carbons (Fsp3) is 0.419. The second kappa shape index (κ2) is 18.0. The van der Waals surface area contributed by atoms with E-state index in [2.05, 4.69) is 54.9 Å². The highest BCUT2D eigenvalue weighted by molar-refractivity contribution is 6.38. The molecule has 3 heterocycles. The summed E-state index contributed by atoms with van der Waals surface area (Å²) in [6.45, 7) is 6.69. The highest BCUT2D eigenvalue weighted by Crippen LogP contribution is 2.40. The second-order valence-corrected chi connectivity index (χ2v) is 11.2. The second-order valence-electron chi connectivity index (χ2n) is 10.4. The van der Waals surface area contributed by atoms with Crippen molar-refractivity contribution in [2.45, 2.75) is 18.9 Å². The quantitative estimate of drug-likeness (QED) is 0.278. The van der Waals surface area contributed by atoms with E-state index in [1.54, 1.807) is 25.6 Å². The van der Waals surface area contributed by atoms with E-state index in [0.29, 0.717) is 44.7 Å². The molecule has 0 aliphatic carbocycles. The molecule has 3 aromatic rings. The molecule has 246 valence electrons. The molecule has 2 aliphatic heterocycles. The summed E-state index contributed by atoms with van der Waals surface area (Å²) in [5.41, 5.74) is 2.96. The molecule has 9 nitrogen and oxygen atoms in total. The first-order valence-electron chi connectivity index (χ1n) is 14.0. The minimum atomic E-state index is 0. The summed E-state index contributed by atoms with van der Waals surface area (Å²) >= 11 is 12.9. The van der Waals surface area contributed by atoms with E-state index >= 15 is 0 Å². The number of nitrogens with one attached hydrogen (secondary N) is 1. The predicted molar refractivity (Wildman–Crippen MR) is 190 cm³/mol. The van der Waals surface area contributed by atoms with Crippen molar-refractivity contribution in [3.05, 3.63) is 57.8 Å². The van der Waals surface area contributed by atoms with Crippen molar-refractivity contribution in [2.75, 3.05) is 77.9 Å². The molecule has 0 atom stereocenters. The van der Waals surface area contributed by atoms with Gasteiger partial charge in [0, 0.05) is 75.5 Å². The Kier molecular flexibility index (Phi) is 15.4. The zero-order valence-electron chi connectivity index (χ0n) is 25.6. The van der Waals surface area contributed by atoms with E-state index in [1.807, 2.05) is 12.1 Å². The van der Waals surface area contributed by atoms with Crippen LogP contribution in [0.25, 0.3) is 0 Å². The zero-order valence-corrected chi connectivity index (χ0v) is 29.6. The van der Waals surface area contributed by atoms with Gasteiger partial charge in [-0.15, -0.1) is 37.2 Å². The van der Waals surface area contributed by atoms with Gasteiger partial charge in [0.15, 0.2) is 0 Å². The number of piperazine rings is 1. The smallest absolute Gasteiger partial charge is 0.227 e. The molecule has 2 aliphatic rings.